The molecule has 1 aliphatic rings. The quantitative estimate of drug-likeness (QED) is 0.429. The molecule has 3 aromatic carbocycles. The molecule has 1 aliphatic carbocycles. The molecule has 3 nitrogen and oxygen atoms in total. The molecular weight excluding hydrogens is 394 g/mol. The van der Waals surface area contributed by atoms with Crippen LogP contribution in [0.1, 0.15) is 60.8 Å². The maximum absolute atomic E-state index is 10.0. The fraction of sp³-hybridized carbons (Fsp3) is 0.379. The highest BCUT2D eigenvalue weighted by Gasteiger charge is 2.32. The van der Waals surface area contributed by atoms with E-state index in [2.05, 4.69) is 79.4 Å². The first-order valence-corrected chi connectivity index (χ1v) is 12.0. The van der Waals surface area contributed by atoms with E-state index in [0.29, 0.717) is 18.3 Å². The van der Waals surface area contributed by atoms with Gasteiger partial charge in [-0.1, -0.05) is 62.4 Å². The van der Waals surface area contributed by atoms with Gasteiger partial charge in [0.25, 0.3) is 0 Å². The Morgan fingerprint density at radius 3 is 2.41 bits per heavy atom. The Kier molecular flexibility index (Phi) is 7.49. The van der Waals surface area contributed by atoms with Gasteiger partial charge in [0.2, 0.25) is 0 Å². The van der Waals surface area contributed by atoms with Crippen LogP contribution >= 0.6 is 0 Å². The number of ether oxygens (including phenoxy) is 1. The molecule has 0 unspecified atom stereocenters. The number of aromatic hydroxyl groups is 1. The van der Waals surface area contributed by atoms with Crippen molar-refractivity contribution >= 4 is 0 Å². The topological polar surface area (TPSA) is 32.7 Å². The molecule has 0 bridgehead atoms. The number of likely N-dealkylation sites (N-methyl/N-ethyl adjacent to an activating group) is 1. The second-order valence-corrected chi connectivity index (χ2v) is 8.77. The fourth-order valence-corrected chi connectivity index (χ4v) is 5.09. The van der Waals surface area contributed by atoms with E-state index >= 15 is 0 Å². The Morgan fingerprint density at radius 2 is 1.69 bits per heavy atom. The number of benzene rings is 3. The van der Waals surface area contributed by atoms with Crippen molar-refractivity contribution in [1.29, 1.82) is 0 Å². The number of fused-ring (bicyclic) bond motifs is 1. The lowest BCUT2D eigenvalue weighted by atomic mass is 9.69. The summed E-state index contributed by atoms with van der Waals surface area (Å²) < 4.78 is 6.05. The van der Waals surface area contributed by atoms with Crippen LogP contribution in [0.5, 0.6) is 11.5 Å². The highest BCUT2D eigenvalue weighted by atomic mass is 16.5. The number of nitrogens with zero attached hydrogens (tertiary/aromatic N) is 1. The molecule has 0 radical (unpaired) electrons. The fourth-order valence-electron chi connectivity index (χ4n) is 5.09. The molecule has 168 valence electrons. The monoisotopic (exact) mass is 429 g/mol. The van der Waals surface area contributed by atoms with E-state index < -0.39 is 0 Å². The summed E-state index contributed by atoms with van der Waals surface area (Å²) in [5.41, 5.74) is 5.28. The van der Waals surface area contributed by atoms with Crippen LogP contribution in [0.3, 0.4) is 0 Å². The zero-order chi connectivity index (χ0) is 22.3. The lowest BCUT2D eigenvalue weighted by Crippen LogP contribution is -2.29. The van der Waals surface area contributed by atoms with Crippen molar-refractivity contribution < 1.29 is 9.84 Å². The van der Waals surface area contributed by atoms with Gasteiger partial charge in [-0.05, 0) is 84.8 Å². The van der Waals surface area contributed by atoms with Gasteiger partial charge in [0.05, 0.1) is 0 Å². The largest absolute Gasteiger partial charge is 0.508 e. The Hall–Kier alpha value is -2.78. The molecule has 2 atom stereocenters. The summed E-state index contributed by atoms with van der Waals surface area (Å²) in [6, 6.07) is 25.4. The minimum absolute atomic E-state index is 0.274. The van der Waals surface area contributed by atoms with E-state index in [9.17, 15) is 5.11 Å². The third-order valence-corrected chi connectivity index (χ3v) is 6.72. The van der Waals surface area contributed by atoms with Crippen molar-refractivity contribution in [3.05, 3.63) is 95.1 Å². The summed E-state index contributed by atoms with van der Waals surface area (Å²) in [6.45, 7) is 8.28. The molecule has 0 saturated carbocycles. The van der Waals surface area contributed by atoms with Crippen LogP contribution in [-0.4, -0.2) is 36.2 Å². The highest BCUT2D eigenvalue weighted by Crippen LogP contribution is 2.47. The average molecular weight is 430 g/mol. The smallest absolute Gasteiger partial charge is 0.119 e. The van der Waals surface area contributed by atoms with Crippen LogP contribution in [0.25, 0.3) is 0 Å². The number of hydrogen-bond donors (Lipinski definition) is 1. The minimum atomic E-state index is 0.274. The summed E-state index contributed by atoms with van der Waals surface area (Å²) in [4.78, 5) is 2.42. The Labute approximate surface area is 192 Å². The second kappa shape index (κ2) is 10.7. The SMILES string of the molecule is CCCN(CC)CCOc1ccc([C@@H]2c3ccc(O)cc3CC[C@@H]2c2ccccc2)cc1. The van der Waals surface area contributed by atoms with Crippen molar-refractivity contribution in [2.24, 2.45) is 0 Å². The molecule has 0 amide bonds. The van der Waals surface area contributed by atoms with Gasteiger partial charge in [0.1, 0.15) is 18.1 Å². The summed E-state index contributed by atoms with van der Waals surface area (Å²) in [7, 11) is 0. The summed E-state index contributed by atoms with van der Waals surface area (Å²) in [5, 5.41) is 10.0. The van der Waals surface area contributed by atoms with Crippen molar-refractivity contribution in [3.63, 3.8) is 0 Å². The number of phenolic OH excluding ortho intramolecular Hbond substituents is 1. The van der Waals surface area contributed by atoms with Crippen LogP contribution in [0.4, 0.5) is 0 Å². The van der Waals surface area contributed by atoms with Crippen LogP contribution in [-0.2, 0) is 6.42 Å². The van der Waals surface area contributed by atoms with Gasteiger partial charge >= 0.3 is 0 Å². The van der Waals surface area contributed by atoms with E-state index in [0.717, 1.165) is 38.2 Å². The Bertz CT molecular complexity index is 984. The third-order valence-electron chi connectivity index (χ3n) is 6.72. The molecule has 4 rings (SSSR count). The van der Waals surface area contributed by atoms with Crippen molar-refractivity contribution in [3.8, 4) is 11.5 Å². The number of phenols is 1. The van der Waals surface area contributed by atoms with Crippen molar-refractivity contribution in [1.82, 2.24) is 4.90 Å². The standard InChI is InChI=1S/C29H35NO2/c1-3-18-30(4-2)19-20-32-26-14-10-23(11-15-26)29-27(22-8-6-5-7-9-22)16-12-24-21-25(31)13-17-28(24)29/h5-11,13-15,17,21,27,29,31H,3-4,12,16,18-20H2,1-2H3/t27-,29+/m1/s1. The minimum Gasteiger partial charge on any atom is -0.508 e. The molecule has 0 saturated heterocycles. The molecule has 3 aromatic rings. The first-order valence-electron chi connectivity index (χ1n) is 12.0. The summed E-state index contributed by atoms with van der Waals surface area (Å²) in [5.74, 6) is 1.98. The van der Waals surface area contributed by atoms with E-state index in [1.54, 1.807) is 0 Å². The molecule has 0 fully saturated rings. The van der Waals surface area contributed by atoms with E-state index in [-0.39, 0.29) is 5.92 Å². The highest BCUT2D eigenvalue weighted by molar-refractivity contribution is 5.48. The van der Waals surface area contributed by atoms with Gasteiger partial charge in [0.15, 0.2) is 0 Å². The molecule has 3 heteroatoms. The summed E-state index contributed by atoms with van der Waals surface area (Å²) in [6.07, 6.45) is 3.24. The molecule has 1 N–H and O–H groups in total. The number of aryl methyl sites for hydroxylation is 1. The second-order valence-electron chi connectivity index (χ2n) is 8.77. The third kappa shape index (κ3) is 5.16. The molecular formula is C29H35NO2. The van der Waals surface area contributed by atoms with Crippen molar-refractivity contribution in [2.45, 2.75) is 44.9 Å². The van der Waals surface area contributed by atoms with E-state index in [4.69, 9.17) is 4.74 Å². The van der Waals surface area contributed by atoms with Crippen LogP contribution in [0.15, 0.2) is 72.8 Å². The van der Waals surface area contributed by atoms with E-state index in [1.807, 2.05) is 12.1 Å². The summed E-state index contributed by atoms with van der Waals surface area (Å²) >= 11 is 0. The lowest BCUT2D eigenvalue weighted by molar-refractivity contribution is 0.216. The molecule has 0 aromatic heterocycles. The predicted octanol–water partition coefficient (Wildman–Crippen LogP) is 6.36. The normalized spacial score (nSPS) is 17.8. The van der Waals surface area contributed by atoms with Crippen LogP contribution in [0, 0.1) is 0 Å². The van der Waals surface area contributed by atoms with Crippen LogP contribution < -0.4 is 4.74 Å². The Balaban J connectivity index is 1.55. The maximum atomic E-state index is 10.0. The maximum Gasteiger partial charge on any atom is 0.119 e. The molecule has 0 heterocycles. The number of rotatable bonds is 9. The van der Waals surface area contributed by atoms with Crippen molar-refractivity contribution in [2.75, 3.05) is 26.2 Å². The van der Waals surface area contributed by atoms with Gasteiger partial charge in [-0.2, -0.15) is 0 Å². The first kappa shape index (κ1) is 22.4. The van der Waals surface area contributed by atoms with E-state index in [1.165, 1.54) is 28.7 Å². The zero-order valence-electron chi connectivity index (χ0n) is 19.3. The van der Waals surface area contributed by atoms with Gasteiger partial charge in [-0.3, -0.25) is 0 Å². The first-order chi connectivity index (χ1) is 15.7. The van der Waals surface area contributed by atoms with Crippen LogP contribution in [0.2, 0.25) is 0 Å². The van der Waals surface area contributed by atoms with Gasteiger partial charge in [-0.25, -0.2) is 0 Å². The predicted molar refractivity (Wildman–Crippen MR) is 132 cm³/mol. The molecule has 0 aliphatic heterocycles. The molecule has 32 heavy (non-hydrogen) atoms. The van der Waals surface area contributed by atoms with Gasteiger partial charge in [-0.15, -0.1) is 0 Å². The van der Waals surface area contributed by atoms with Gasteiger partial charge < -0.3 is 14.7 Å². The number of hydrogen-bond acceptors (Lipinski definition) is 3. The zero-order valence-corrected chi connectivity index (χ0v) is 19.3. The molecule has 0 spiro atoms. The lowest BCUT2D eigenvalue weighted by Gasteiger charge is -2.35. The average Bonchev–Trinajstić information content (AvgIpc) is 2.83. The Morgan fingerprint density at radius 1 is 0.906 bits per heavy atom. The van der Waals surface area contributed by atoms with Gasteiger partial charge in [0, 0.05) is 12.5 Å².